The van der Waals surface area contributed by atoms with E-state index in [-0.39, 0.29) is 0 Å². The van der Waals surface area contributed by atoms with E-state index in [1.54, 1.807) is 4.90 Å². The molecule has 5 rings (SSSR count). The number of nitrogens with zero attached hydrogens (tertiary/aromatic N) is 3. The summed E-state index contributed by atoms with van der Waals surface area (Å²) in [5.74, 6) is 0. The molecule has 2 aliphatic rings. The molecule has 1 unspecified atom stereocenters. The van der Waals surface area contributed by atoms with Gasteiger partial charge in [0.1, 0.15) is 5.54 Å². The number of carbonyl (C=O) groups is 1. The lowest BCUT2D eigenvalue weighted by atomic mass is 9.85. The molecule has 1 heterocycles. The number of carbonyl (C=O) groups excluding carboxylic acids is 1. The summed E-state index contributed by atoms with van der Waals surface area (Å²) in [6.45, 7) is 3.63. The normalized spacial score (nSPS) is 20.1. The molecular weight excluding hydrogens is 370 g/mol. The van der Waals surface area contributed by atoms with E-state index in [0.29, 0.717) is 18.9 Å². The van der Waals surface area contributed by atoms with Gasteiger partial charge in [0.15, 0.2) is 0 Å². The Morgan fingerprint density at radius 1 is 1.07 bits per heavy atom. The number of hydrogen-bond donors (Lipinski definition) is 0. The zero-order valence-electron chi connectivity index (χ0n) is 17.2. The van der Waals surface area contributed by atoms with Crippen LogP contribution in [0.25, 0.3) is 10.8 Å². The van der Waals surface area contributed by atoms with Crippen molar-refractivity contribution in [3.63, 3.8) is 0 Å². The molecule has 4 heteroatoms. The van der Waals surface area contributed by atoms with Crippen LogP contribution >= 0.6 is 0 Å². The van der Waals surface area contributed by atoms with Crippen LogP contribution < -0.4 is 4.90 Å². The number of piperidine rings is 1. The van der Waals surface area contributed by atoms with Gasteiger partial charge in [0.05, 0.1) is 6.07 Å². The van der Waals surface area contributed by atoms with E-state index in [2.05, 4.69) is 47.4 Å². The second kappa shape index (κ2) is 7.27. The van der Waals surface area contributed by atoms with E-state index in [0.717, 1.165) is 37.2 Å². The molecule has 1 aliphatic carbocycles. The molecule has 3 aromatic rings. The van der Waals surface area contributed by atoms with Crippen LogP contribution in [0, 0.1) is 18.3 Å². The lowest BCUT2D eigenvalue weighted by Crippen LogP contribution is -2.55. The van der Waals surface area contributed by atoms with Gasteiger partial charge in [0, 0.05) is 24.8 Å². The van der Waals surface area contributed by atoms with Crippen LogP contribution in [-0.2, 0) is 11.2 Å². The van der Waals surface area contributed by atoms with Gasteiger partial charge in [-0.1, -0.05) is 54.1 Å². The Hall–Kier alpha value is -3.16. The van der Waals surface area contributed by atoms with Crippen LogP contribution in [0.1, 0.15) is 35.6 Å². The van der Waals surface area contributed by atoms with Gasteiger partial charge in [0.25, 0.3) is 0 Å². The minimum Gasteiger partial charge on any atom is -0.296 e. The van der Waals surface area contributed by atoms with E-state index in [9.17, 15) is 10.1 Å². The van der Waals surface area contributed by atoms with Gasteiger partial charge >= 0.3 is 0 Å². The van der Waals surface area contributed by atoms with Crippen LogP contribution in [-0.4, -0.2) is 29.9 Å². The van der Waals surface area contributed by atoms with E-state index in [4.69, 9.17) is 0 Å². The lowest BCUT2D eigenvalue weighted by Gasteiger charge is -2.44. The number of rotatable bonds is 4. The number of benzene rings is 3. The highest BCUT2D eigenvalue weighted by Crippen LogP contribution is 2.42. The van der Waals surface area contributed by atoms with Crippen LogP contribution in [0.2, 0.25) is 0 Å². The van der Waals surface area contributed by atoms with Crippen LogP contribution in [0.4, 0.5) is 5.69 Å². The van der Waals surface area contributed by atoms with Gasteiger partial charge in [-0.3, -0.25) is 14.6 Å². The van der Waals surface area contributed by atoms with Crippen molar-refractivity contribution in [2.75, 3.05) is 18.0 Å². The third-order valence-corrected chi connectivity index (χ3v) is 6.95. The largest absolute Gasteiger partial charge is 0.296 e. The van der Waals surface area contributed by atoms with Crippen LogP contribution in [0.3, 0.4) is 0 Å². The molecule has 1 aliphatic heterocycles. The summed E-state index contributed by atoms with van der Waals surface area (Å²) in [4.78, 5) is 16.2. The number of hydrogen-bond acceptors (Lipinski definition) is 3. The van der Waals surface area contributed by atoms with Crippen molar-refractivity contribution in [3.05, 3.63) is 77.4 Å². The first-order valence-corrected chi connectivity index (χ1v) is 10.6. The Kier molecular flexibility index (Phi) is 4.56. The summed E-state index contributed by atoms with van der Waals surface area (Å²) in [6, 6.07) is 23.8. The maximum Gasteiger partial charge on any atom is 0.215 e. The third kappa shape index (κ3) is 2.89. The molecule has 3 aromatic carbocycles. The maximum absolute atomic E-state index is 12.0. The predicted molar refractivity (Wildman–Crippen MR) is 119 cm³/mol. The highest BCUT2D eigenvalue weighted by molar-refractivity contribution is 5.91. The summed E-state index contributed by atoms with van der Waals surface area (Å²) >= 11 is 0. The number of aryl methyl sites for hydroxylation is 1. The Labute approximate surface area is 177 Å². The lowest BCUT2D eigenvalue weighted by molar-refractivity contribution is -0.108. The molecule has 0 saturated carbocycles. The number of nitriles is 1. The maximum atomic E-state index is 12.0. The standard InChI is InChI=1S/C26H25N3O/c1-19-8-10-22(11-9-19)29(18-30)26(17-27)12-14-28(15-13-26)24-16-21-6-2-4-20-5-3-7-23(24)25(20)21/h2-11,18,24H,12-16H2,1H3. The van der Waals surface area contributed by atoms with Gasteiger partial charge < -0.3 is 0 Å². The van der Waals surface area contributed by atoms with E-state index < -0.39 is 5.54 Å². The Morgan fingerprint density at radius 2 is 1.77 bits per heavy atom. The first-order chi connectivity index (χ1) is 14.6. The molecule has 1 atom stereocenters. The monoisotopic (exact) mass is 395 g/mol. The Bertz CT molecular complexity index is 1130. The molecule has 1 saturated heterocycles. The summed E-state index contributed by atoms with van der Waals surface area (Å²) < 4.78 is 0. The van der Waals surface area contributed by atoms with Crippen molar-refractivity contribution < 1.29 is 4.79 Å². The molecule has 30 heavy (non-hydrogen) atoms. The minimum absolute atomic E-state index is 0.354. The molecule has 0 N–H and O–H groups in total. The summed E-state index contributed by atoms with van der Waals surface area (Å²) in [5, 5.41) is 12.8. The summed E-state index contributed by atoms with van der Waals surface area (Å²) in [7, 11) is 0. The predicted octanol–water partition coefficient (Wildman–Crippen LogP) is 4.77. The minimum atomic E-state index is -0.787. The van der Waals surface area contributed by atoms with E-state index in [1.165, 1.54) is 21.9 Å². The van der Waals surface area contributed by atoms with Crippen LogP contribution in [0.15, 0.2) is 60.7 Å². The molecule has 1 fully saturated rings. The molecule has 0 aromatic heterocycles. The van der Waals surface area contributed by atoms with Crippen molar-refractivity contribution >= 4 is 22.9 Å². The zero-order chi connectivity index (χ0) is 20.7. The van der Waals surface area contributed by atoms with Crippen molar-refractivity contribution in [2.45, 2.75) is 37.8 Å². The molecule has 4 nitrogen and oxygen atoms in total. The van der Waals surface area contributed by atoms with Crippen molar-refractivity contribution in [2.24, 2.45) is 0 Å². The second-order valence-corrected chi connectivity index (χ2v) is 8.57. The van der Waals surface area contributed by atoms with Crippen molar-refractivity contribution in [1.29, 1.82) is 5.26 Å². The molecule has 0 spiro atoms. The van der Waals surface area contributed by atoms with Gasteiger partial charge in [-0.25, -0.2) is 0 Å². The Balaban J connectivity index is 1.39. The van der Waals surface area contributed by atoms with E-state index in [1.807, 2.05) is 31.2 Å². The fourth-order valence-electron chi connectivity index (χ4n) is 5.27. The van der Waals surface area contributed by atoms with Gasteiger partial charge in [-0.15, -0.1) is 0 Å². The zero-order valence-corrected chi connectivity index (χ0v) is 17.2. The molecule has 0 radical (unpaired) electrons. The molecule has 1 amide bonds. The summed E-state index contributed by atoms with van der Waals surface area (Å²) in [5.41, 5.74) is 3.96. The van der Waals surface area contributed by atoms with Gasteiger partial charge in [0.2, 0.25) is 6.41 Å². The quantitative estimate of drug-likeness (QED) is 0.598. The second-order valence-electron chi connectivity index (χ2n) is 8.57. The summed E-state index contributed by atoms with van der Waals surface area (Å²) in [6.07, 6.45) is 3.15. The third-order valence-electron chi connectivity index (χ3n) is 6.95. The first kappa shape index (κ1) is 18.8. The fraction of sp³-hybridized carbons (Fsp3) is 0.308. The van der Waals surface area contributed by atoms with Crippen LogP contribution in [0.5, 0.6) is 0 Å². The first-order valence-electron chi connectivity index (χ1n) is 10.6. The van der Waals surface area contributed by atoms with Crippen molar-refractivity contribution in [3.8, 4) is 6.07 Å². The van der Waals surface area contributed by atoms with Gasteiger partial charge in [-0.2, -0.15) is 5.26 Å². The van der Waals surface area contributed by atoms with E-state index >= 15 is 0 Å². The average molecular weight is 396 g/mol. The van der Waals surface area contributed by atoms with Gasteiger partial charge in [-0.05, 0) is 60.2 Å². The average Bonchev–Trinajstić information content (AvgIpc) is 3.17. The Morgan fingerprint density at radius 3 is 2.43 bits per heavy atom. The molecular formula is C26H25N3O. The number of likely N-dealkylation sites (tertiary alicyclic amines) is 1. The smallest absolute Gasteiger partial charge is 0.215 e. The highest BCUT2D eigenvalue weighted by Gasteiger charge is 2.43. The number of anilines is 1. The fourth-order valence-corrected chi connectivity index (χ4v) is 5.27. The SMILES string of the molecule is Cc1ccc(N(C=O)C2(C#N)CCN(C3Cc4cccc5cccc3c45)CC2)cc1. The van der Waals surface area contributed by atoms with Crippen molar-refractivity contribution in [1.82, 2.24) is 4.90 Å². The molecule has 150 valence electrons. The molecule has 0 bridgehead atoms. The topological polar surface area (TPSA) is 47.3 Å². The number of amides is 1. The highest BCUT2D eigenvalue weighted by atomic mass is 16.1.